The third kappa shape index (κ3) is 7.36. The highest BCUT2D eigenvalue weighted by Gasteiger charge is 2.23. The van der Waals surface area contributed by atoms with E-state index in [2.05, 4.69) is 34.3 Å². The van der Waals surface area contributed by atoms with Crippen molar-refractivity contribution in [3.63, 3.8) is 0 Å². The van der Waals surface area contributed by atoms with Crippen molar-refractivity contribution in [2.45, 2.75) is 25.4 Å². The zero-order chi connectivity index (χ0) is 26.2. The minimum Gasteiger partial charge on any atom is -0.493 e. The van der Waals surface area contributed by atoms with Gasteiger partial charge in [0.2, 0.25) is 5.91 Å². The van der Waals surface area contributed by atoms with E-state index in [1.54, 1.807) is 32.4 Å². The summed E-state index contributed by atoms with van der Waals surface area (Å²) in [6.07, 6.45) is 1.54. The van der Waals surface area contributed by atoms with Crippen molar-refractivity contribution in [1.82, 2.24) is 20.0 Å². The van der Waals surface area contributed by atoms with E-state index in [-0.39, 0.29) is 17.9 Å². The fourth-order valence-electron chi connectivity index (χ4n) is 4.92. The second-order valence-corrected chi connectivity index (χ2v) is 9.70. The van der Waals surface area contributed by atoms with Crippen LogP contribution < -0.4 is 19.5 Å². The lowest BCUT2D eigenvalue weighted by atomic mass is 10.1. The lowest BCUT2D eigenvalue weighted by Gasteiger charge is -2.34. The molecule has 4 rings (SSSR count). The topological polar surface area (TPSA) is 83.6 Å². The standard InChI is InChI=1S/C28H38N4O5/c1-30(20-23-8-10-27(33)29-23)19-21-5-4-6-24(17-21)37-16-15-31-11-13-32(14-12-31)28(34)22-7-9-25(35-2)26(18-22)36-3/h4-7,9,17-18,23H,8,10-16,19-20H2,1-3H3,(H,29,33)/t23-/m0/s1. The van der Waals surface area contributed by atoms with Crippen LogP contribution in [0.5, 0.6) is 17.2 Å². The molecule has 9 heteroatoms. The Kier molecular flexibility index (Phi) is 9.24. The number of carbonyl (C=O) groups is 2. The molecule has 0 spiro atoms. The number of likely N-dealkylation sites (N-methyl/N-ethyl adjacent to an activating group) is 1. The fraction of sp³-hybridized carbons (Fsp3) is 0.500. The molecule has 0 aliphatic carbocycles. The number of nitrogens with zero attached hydrogens (tertiary/aromatic N) is 3. The summed E-state index contributed by atoms with van der Waals surface area (Å²) in [5.74, 6) is 2.19. The van der Waals surface area contributed by atoms with E-state index in [0.29, 0.717) is 43.2 Å². The van der Waals surface area contributed by atoms with Gasteiger partial charge in [-0.05, 0) is 49.4 Å². The molecule has 37 heavy (non-hydrogen) atoms. The highest BCUT2D eigenvalue weighted by atomic mass is 16.5. The van der Waals surface area contributed by atoms with E-state index in [9.17, 15) is 9.59 Å². The Morgan fingerprint density at radius 1 is 1.05 bits per heavy atom. The van der Waals surface area contributed by atoms with Crippen LogP contribution in [0.3, 0.4) is 0 Å². The van der Waals surface area contributed by atoms with Gasteiger partial charge in [-0.15, -0.1) is 0 Å². The molecule has 2 aromatic rings. The third-order valence-corrected chi connectivity index (χ3v) is 6.93. The zero-order valence-corrected chi connectivity index (χ0v) is 22.1. The lowest BCUT2D eigenvalue weighted by molar-refractivity contribution is -0.119. The van der Waals surface area contributed by atoms with Crippen LogP contribution in [0.4, 0.5) is 0 Å². The Hall–Kier alpha value is -3.30. The Labute approximate surface area is 219 Å². The Bertz CT molecular complexity index is 1070. The van der Waals surface area contributed by atoms with E-state index >= 15 is 0 Å². The molecule has 0 radical (unpaired) electrons. The molecule has 2 aromatic carbocycles. The van der Waals surface area contributed by atoms with Crippen LogP contribution in [0.25, 0.3) is 0 Å². The van der Waals surface area contributed by atoms with Gasteiger partial charge in [0.25, 0.3) is 5.91 Å². The molecule has 9 nitrogen and oxygen atoms in total. The summed E-state index contributed by atoms with van der Waals surface area (Å²) in [6, 6.07) is 13.7. The minimum atomic E-state index is 0.00829. The minimum absolute atomic E-state index is 0.00829. The molecule has 1 N–H and O–H groups in total. The number of amides is 2. The molecule has 0 bridgehead atoms. The predicted molar refractivity (Wildman–Crippen MR) is 141 cm³/mol. The summed E-state index contributed by atoms with van der Waals surface area (Å²) in [4.78, 5) is 30.8. The molecule has 0 saturated carbocycles. The van der Waals surface area contributed by atoms with E-state index in [0.717, 1.165) is 44.9 Å². The van der Waals surface area contributed by atoms with E-state index < -0.39 is 0 Å². The Balaban J connectivity index is 1.18. The van der Waals surface area contributed by atoms with Crippen LogP contribution in [-0.2, 0) is 11.3 Å². The first-order chi connectivity index (χ1) is 17.9. The van der Waals surface area contributed by atoms with Crippen LogP contribution in [0, 0.1) is 0 Å². The summed E-state index contributed by atoms with van der Waals surface area (Å²) in [5.41, 5.74) is 1.79. The van der Waals surface area contributed by atoms with Crippen LogP contribution in [-0.4, -0.2) is 99.7 Å². The molecule has 2 heterocycles. The van der Waals surface area contributed by atoms with Crippen molar-refractivity contribution < 1.29 is 23.8 Å². The summed E-state index contributed by atoms with van der Waals surface area (Å²) in [5, 5.41) is 3.03. The van der Waals surface area contributed by atoms with E-state index in [4.69, 9.17) is 14.2 Å². The van der Waals surface area contributed by atoms with Crippen LogP contribution in [0.2, 0.25) is 0 Å². The molecule has 1 atom stereocenters. The molecule has 200 valence electrons. The molecule has 2 fully saturated rings. The van der Waals surface area contributed by atoms with Crippen molar-refractivity contribution in [1.29, 1.82) is 0 Å². The molecule has 2 aliphatic heterocycles. The number of rotatable bonds is 11. The van der Waals surface area contributed by atoms with Gasteiger partial charge in [0.1, 0.15) is 12.4 Å². The molecular weight excluding hydrogens is 472 g/mol. The van der Waals surface area contributed by atoms with Gasteiger partial charge >= 0.3 is 0 Å². The van der Waals surface area contributed by atoms with Gasteiger partial charge in [-0.2, -0.15) is 0 Å². The fourth-order valence-corrected chi connectivity index (χ4v) is 4.92. The maximum absolute atomic E-state index is 13.0. The number of methoxy groups -OCH3 is 2. The lowest BCUT2D eigenvalue weighted by Crippen LogP contribution is -2.49. The molecule has 2 aliphatic rings. The summed E-state index contributed by atoms with van der Waals surface area (Å²) >= 11 is 0. The highest BCUT2D eigenvalue weighted by molar-refractivity contribution is 5.95. The number of hydrogen-bond acceptors (Lipinski definition) is 7. The van der Waals surface area contributed by atoms with Crippen LogP contribution in [0.1, 0.15) is 28.8 Å². The summed E-state index contributed by atoms with van der Waals surface area (Å²) in [6.45, 7) is 6.03. The van der Waals surface area contributed by atoms with Crippen LogP contribution >= 0.6 is 0 Å². The van der Waals surface area contributed by atoms with Crippen LogP contribution in [0.15, 0.2) is 42.5 Å². The number of ether oxygens (including phenoxy) is 3. The Morgan fingerprint density at radius 2 is 1.84 bits per heavy atom. The quantitative estimate of drug-likeness (QED) is 0.497. The monoisotopic (exact) mass is 510 g/mol. The molecular formula is C28H38N4O5. The number of benzene rings is 2. The third-order valence-electron chi connectivity index (χ3n) is 6.93. The second kappa shape index (κ2) is 12.8. The van der Waals surface area contributed by atoms with Gasteiger partial charge < -0.3 is 29.3 Å². The van der Waals surface area contributed by atoms with Crippen molar-refractivity contribution in [2.24, 2.45) is 0 Å². The van der Waals surface area contributed by atoms with Crippen molar-refractivity contribution in [2.75, 3.05) is 67.1 Å². The molecule has 0 unspecified atom stereocenters. The first-order valence-corrected chi connectivity index (χ1v) is 12.9. The number of nitrogens with one attached hydrogen (secondary N) is 1. The van der Waals surface area contributed by atoms with Gasteiger partial charge in [-0.3, -0.25) is 14.5 Å². The Morgan fingerprint density at radius 3 is 2.54 bits per heavy atom. The molecule has 2 amide bonds. The molecule has 0 aromatic heterocycles. The largest absolute Gasteiger partial charge is 0.493 e. The van der Waals surface area contributed by atoms with Gasteiger partial charge in [-0.1, -0.05) is 12.1 Å². The normalized spacial score (nSPS) is 18.1. The average molecular weight is 511 g/mol. The van der Waals surface area contributed by atoms with Gasteiger partial charge in [0, 0.05) is 63.8 Å². The van der Waals surface area contributed by atoms with Crippen molar-refractivity contribution in [3.8, 4) is 17.2 Å². The maximum Gasteiger partial charge on any atom is 0.254 e. The summed E-state index contributed by atoms with van der Waals surface area (Å²) < 4.78 is 16.6. The maximum atomic E-state index is 13.0. The van der Waals surface area contributed by atoms with Crippen molar-refractivity contribution >= 4 is 11.8 Å². The predicted octanol–water partition coefficient (Wildman–Crippen LogP) is 2.25. The smallest absolute Gasteiger partial charge is 0.254 e. The first-order valence-electron chi connectivity index (χ1n) is 12.9. The average Bonchev–Trinajstić information content (AvgIpc) is 3.32. The summed E-state index contributed by atoms with van der Waals surface area (Å²) in [7, 11) is 5.23. The van der Waals surface area contributed by atoms with Gasteiger partial charge in [0.05, 0.1) is 14.2 Å². The second-order valence-electron chi connectivity index (χ2n) is 9.70. The number of carbonyl (C=O) groups excluding carboxylic acids is 2. The van der Waals surface area contributed by atoms with Crippen molar-refractivity contribution in [3.05, 3.63) is 53.6 Å². The molecule has 2 saturated heterocycles. The number of piperazine rings is 1. The van der Waals surface area contributed by atoms with Gasteiger partial charge in [-0.25, -0.2) is 0 Å². The van der Waals surface area contributed by atoms with Gasteiger partial charge in [0.15, 0.2) is 11.5 Å². The highest BCUT2D eigenvalue weighted by Crippen LogP contribution is 2.28. The first kappa shape index (κ1) is 26.8. The van der Waals surface area contributed by atoms with E-state index in [1.165, 1.54) is 5.56 Å². The SMILES string of the molecule is COc1ccc(C(=O)N2CCN(CCOc3cccc(CN(C)C[C@@H]4CCC(=O)N4)c3)CC2)cc1OC. The van der Waals surface area contributed by atoms with E-state index in [1.807, 2.05) is 17.0 Å². The zero-order valence-electron chi connectivity index (χ0n) is 22.1. The number of hydrogen-bond donors (Lipinski definition) is 1.